The van der Waals surface area contributed by atoms with Gasteiger partial charge in [-0.2, -0.15) is 0 Å². The summed E-state index contributed by atoms with van der Waals surface area (Å²) in [4.78, 5) is 21.1. The van der Waals surface area contributed by atoms with Gasteiger partial charge in [-0.25, -0.2) is 9.59 Å². The normalized spacial score (nSPS) is 11.1. The van der Waals surface area contributed by atoms with E-state index in [4.69, 9.17) is 10.2 Å². The van der Waals surface area contributed by atoms with Crippen LogP contribution >= 0.6 is 0 Å². The minimum Gasteiger partial charge on any atom is -0.478 e. The summed E-state index contributed by atoms with van der Waals surface area (Å²) in [6, 6.07) is 9.34. The number of hydrogen-bond acceptors (Lipinski definition) is 2. The molecule has 0 bridgehead atoms. The van der Waals surface area contributed by atoms with Gasteiger partial charge in [0, 0.05) is 11.6 Å². The maximum Gasteiger partial charge on any atom is 0.331 e. The zero-order chi connectivity index (χ0) is 12.0. The summed E-state index contributed by atoms with van der Waals surface area (Å²) in [5.74, 6) is -2.41. The van der Waals surface area contributed by atoms with Gasteiger partial charge in [0.05, 0.1) is 0 Å². The molecule has 1 rings (SSSR count). The van der Waals surface area contributed by atoms with Crippen LogP contribution in [0.4, 0.5) is 0 Å². The summed E-state index contributed by atoms with van der Waals surface area (Å²) >= 11 is 0. The number of carbonyl (C=O) groups is 2. The van der Waals surface area contributed by atoms with Gasteiger partial charge in [-0.05, 0) is 18.4 Å². The van der Waals surface area contributed by atoms with E-state index >= 15 is 0 Å². The molecule has 1 aromatic carbocycles. The van der Waals surface area contributed by atoms with Crippen molar-refractivity contribution < 1.29 is 19.8 Å². The molecular weight excluding hydrogens is 208 g/mol. The maximum absolute atomic E-state index is 10.7. The summed E-state index contributed by atoms with van der Waals surface area (Å²) in [7, 11) is 0. The van der Waals surface area contributed by atoms with E-state index in [0.717, 1.165) is 11.6 Å². The van der Waals surface area contributed by atoms with Gasteiger partial charge in [-0.3, -0.25) is 0 Å². The molecule has 0 spiro atoms. The molecule has 0 saturated carbocycles. The topological polar surface area (TPSA) is 74.6 Å². The molecule has 1 aromatic rings. The van der Waals surface area contributed by atoms with Crippen LogP contribution in [-0.4, -0.2) is 22.2 Å². The number of carboxylic acids is 2. The average Bonchev–Trinajstić information content (AvgIpc) is 2.25. The molecule has 0 amide bonds. The van der Waals surface area contributed by atoms with Crippen molar-refractivity contribution >= 4 is 11.9 Å². The van der Waals surface area contributed by atoms with E-state index in [0.29, 0.717) is 6.42 Å². The summed E-state index contributed by atoms with van der Waals surface area (Å²) in [5.41, 5.74) is 0.899. The van der Waals surface area contributed by atoms with Gasteiger partial charge in [-0.15, -0.1) is 0 Å². The van der Waals surface area contributed by atoms with Crippen LogP contribution in [0.2, 0.25) is 0 Å². The molecule has 0 saturated heterocycles. The number of aliphatic carboxylic acids is 2. The molecule has 84 valence electrons. The van der Waals surface area contributed by atoms with Gasteiger partial charge in [0.2, 0.25) is 0 Å². The van der Waals surface area contributed by atoms with E-state index in [1.807, 2.05) is 30.3 Å². The Kier molecular flexibility index (Phi) is 4.27. The van der Waals surface area contributed by atoms with Gasteiger partial charge in [0.15, 0.2) is 0 Å². The Hall–Kier alpha value is -2.10. The smallest absolute Gasteiger partial charge is 0.331 e. The lowest BCUT2D eigenvalue weighted by Crippen LogP contribution is -2.05. The molecule has 0 aromatic heterocycles. The van der Waals surface area contributed by atoms with E-state index in [1.54, 1.807) is 0 Å². The summed E-state index contributed by atoms with van der Waals surface area (Å²) < 4.78 is 0. The Bertz CT molecular complexity index is 406. The Labute approximate surface area is 92.8 Å². The predicted octanol–water partition coefficient (Wildman–Crippen LogP) is 1.71. The number of hydrogen-bond donors (Lipinski definition) is 2. The molecule has 2 N–H and O–H groups in total. The van der Waals surface area contributed by atoms with Gasteiger partial charge in [-0.1, -0.05) is 30.3 Å². The van der Waals surface area contributed by atoms with Gasteiger partial charge in [0.25, 0.3) is 0 Å². The number of rotatable bonds is 5. The number of carboxylic acid groups (broad SMARTS) is 2. The molecule has 0 aliphatic heterocycles. The number of aryl methyl sites for hydroxylation is 1. The molecule has 0 fully saturated rings. The van der Waals surface area contributed by atoms with Crippen molar-refractivity contribution in [2.24, 2.45) is 0 Å². The lowest BCUT2D eigenvalue weighted by molar-refractivity contribution is -0.135. The average molecular weight is 220 g/mol. The van der Waals surface area contributed by atoms with E-state index in [9.17, 15) is 9.59 Å². The first-order valence-electron chi connectivity index (χ1n) is 4.80. The largest absolute Gasteiger partial charge is 0.478 e. The highest BCUT2D eigenvalue weighted by atomic mass is 16.4. The van der Waals surface area contributed by atoms with Crippen molar-refractivity contribution in [2.45, 2.75) is 12.8 Å². The highest BCUT2D eigenvalue weighted by Gasteiger charge is 2.09. The third kappa shape index (κ3) is 3.96. The van der Waals surface area contributed by atoms with Gasteiger partial charge >= 0.3 is 11.9 Å². The van der Waals surface area contributed by atoms with E-state index in [-0.39, 0.29) is 12.0 Å². The van der Waals surface area contributed by atoms with E-state index in [2.05, 4.69) is 0 Å². The fourth-order valence-corrected chi connectivity index (χ4v) is 1.31. The molecule has 0 unspecified atom stereocenters. The van der Waals surface area contributed by atoms with Crippen LogP contribution in [0.5, 0.6) is 0 Å². The zero-order valence-electron chi connectivity index (χ0n) is 8.59. The molecule has 4 heteroatoms. The molecule has 4 nitrogen and oxygen atoms in total. The highest BCUT2D eigenvalue weighted by Crippen LogP contribution is 2.09. The third-order valence-electron chi connectivity index (χ3n) is 2.10. The van der Waals surface area contributed by atoms with Crippen molar-refractivity contribution in [3.63, 3.8) is 0 Å². The van der Waals surface area contributed by atoms with Crippen molar-refractivity contribution in [1.82, 2.24) is 0 Å². The van der Waals surface area contributed by atoms with Crippen molar-refractivity contribution in [3.05, 3.63) is 47.5 Å². The van der Waals surface area contributed by atoms with E-state index < -0.39 is 11.9 Å². The molecule has 0 aliphatic rings. The summed E-state index contributed by atoms with van der Waals surface area (Å²) in [5, 5.41) is 17.3. The molecular formula is C12H12O4. The Morgan fingerprint density at radius 3 is 2.25 bits per heavy atom. The summed E-state index contributed by atoms with van der Waals surface area (Å²) in [6.07, 6.45) is 1.48. The molecule has 0 aliphatic carbocycles. The van der Waals surface area contributed by atoms with Crippen molar-refractivity contribution in [1.29, 1.82) is 0 Å². The molecule has 16 heavy (non-hydrogen) atoms. The second kappa shape index (κ2) is 5.70. The van der Waals surface area contributed by atoms with Crippen LogP contribution < -0.4 is 0 Å². The minimum absolute atomic E-state index is 0.0867. The summed E-state index contributed by atoms with van der Waals surface area (Å²) in [6.45, 7) is 0. The molecule has 0 radical (unpaired) electrons. The Morgan fingerprint density at radius 2 is 1.75 bits per heavy atom. The predicted molar refractivity (Wildman–Crippen MR) is 58.1 cm³/mol. The lowest BCUT2D eigenvalue weighted by atomic mass is 10.0. The van der Waals surface area contributed by atoms with E-state index in [1.165, 1.54) is 0 Å². The quantitative estimate of drug-likeness (QED) is 0.741. The van der Waals surface area contributed by atoms with Crippen LogP contribution in [-0.2, 0) is 16.0 Å². The second-order valence-electron chi connectivity index (χ2n) is 3.30. The number of benzene rings is 1. The Balaban J connectivity index is 2.65. The minimum atomic E-state index is -1.23. The molecule has 0 atom stereocenters. The van der Waals surface area contributed by atoms with Crippen LogP contribution in [0.15, 0.2) is 42.0 Å². The van der Waals surface area contributed by atoms with Crippen molar-refractivity contribution in [2.75, 3.05) is 0 Å². The van der Waals surface area contributed by atoms with Crippen LogP contribution in [0, 0.1) is 0 Å². The van der Waals surface area contributed by atoms with Crippen LogP contribution in [0.25, 0.3) is 0 Å². The first-order valence-corrected chi connectivity index (χ1v) is 4.80. The zero-order valence-corrected chi connectivity index (χ0v) is 8.59. The SMILES string of the molecule is O=C(O)C=C(CCc1ccccc1)C(=O)O. The van der Waals surface area contributed by atoms with Gasteiger partial charge < -0.3 is 10.2 Å². The van der Waals surface area contributed by atoms with Crippen LogP contribution in [0.1, 0.15) is 12.0 Å². The third-order valence-corrected chi connectivity index (χ3v) is 2.10. The maximum atomic E-state index is 10.7. The monoisotopic (exact) mass is 220 g/mol. The highest BCUT2D eigenvalue weighted by molar-refractivity contribution is 5.94. The standard InChI is InChI=1S/C12H12O4/c13-11(14)8-10(12(15)16)7-6-9-4-2-1-3-5-9/h1-5,8H,6-7H2,(H,13,14)(H,15,16). The molecule has 0 heterocycles. The fourth-order valence-electron chi connectivity index (χ4n) is 1.31. The fraction of sp³-hybridized carbons (Fsp3) is 0.167. The van der Waals surface area contributed by atoms with Gasteiger partial charge in [0.1, 0.15) is 0 Å². The Morgan fingerprint density at radius 1 is 1.12 bits per heavy atom. The first-order chi connectivity index (χ1) is 7.59. The second-order valence-corrected chi connectivity index (χ2v) is 3.30. The van der Waals surface area contributed by atoms with Crippen LogP contribution in [0.3, 0.4) is 0 Å². The first kappa shape index (κ1) is 12.0. The lowest BCUT2D eigenvalue weighted by Gasteiger charge is -2.01. The van der Waals surface area contributed by atoms with Crippen molar-refractivity contribution in [3.8, 4) is 0 Å².